The van der Waals surface area contributed by atoms with Crippen molar-refractivity contribution < 1.29 is 13.2 Å². The number of rotatable bonds is 9. The molecule has 0 bridgehead atoms. The minimum absolute atomic E-state index is 0.139. The van der Waals surface area contributed by atoms with Gasteiger partial charge in [-0.3, -0.25) is 4.79 Å². The van der Waals surface area contributed by atoms with E-state index in [4.69, 9.17) is 0 Å². The van der Waals surface area contributed by atoms with E-state index in [1.54, 1.807) is 48.7 Å². The third kappa shape index (κ3) is 5.15. The second kappa shape index (κ2) is 9.82. The number of amides is 1. The molecule has 0 aliphatic carbocycles. The summed E-state index contributed by atoms with van der Waals surface area (Å²) in [6, 6.07) is 10.3. The van der Waals surface area contributed by atoms with E-state index in [1.807, 2.05) is 12.3 Å². The summed E-state index contributed by atoms with van der Waals surface area (Å²) < 4.78 is 26.7. The average molecular weight is 464 g/mol. The van der Waals surface area contributed by atoms with Crippen molar-refractivity contribution in [1.29, 1.82) is 0 Å². The maximum Gasteiger partial charge on any atom is 0.251 e. The zero-order valence-electron chi connectivity index (χ0n) is 17.2. The molecule has 2 aromatic heterocycles. The second-order valence-electron chi connectivity index (χ2n) is 6.64. The lowest BCUT2D eigenvalue weighted by Crippen LogP contribution is -2.31. The van der Waals surface area contributed by atoms with Gasteiger partial charge in [0, 0.05) is 35.5 Å². The first-order chi connectivity index (χ1) is 14.3. The Balaban J connectivity index is 1.61. The molecular weight excluding hydrogens is 438 g/mol. The third-order valence-corrected chi connectivity index (χ3v) is 8.62. The first kappa shape index (κ1) is 22.6. The van der Waals surface area contributed by atoms with Crippen LogP contribution in [-0.4, -0.2) is 43.2 Å². The van der Waals surface area contributed by atoms with E-state index in [-0.39, 0.29) is 10.8 Å². The molecule has 1 N–H and O–H groups in total. The van der Waals surface area contributed by atoms with Crippen LogP contribution in [-0.2, 0) is 16.4 Å². The molecule has 0 fully saturated rings. The largest absolute Gasteiger partial charge is 0.352 e. The van der Waals surface area contributed by atoms with E-state index in [2.05, 4.69) is 22.4 Å². The van der Waals surface area contributed by atoms with Crippen molar-refractivity contribution in [3.8, 4) is 10.6 Å². The van der Waals surface area contributed by atoms with Crippen LogP contribution in [0.1, 0.15) is 34.1 Å². The van der Waals surface area contributed by atoms with Crippen LogP contribution in [0.5, 0.6) is 0 Å². The molecule has 0 aliphatic heterocycles. The molecule has 30 heavy (non-hydrogen) atoms. The number of carbonyl (C=O) groups excluding carboxylic acids is 1. The summed E-state index contributed by atoms with van der Waals surface area (Å²) in [7, 11) is -3.59. The quantitative estimate of drug-likeness (QED) is 0.516. The summed E-state index contributed by atoms with van der Waals surface area (Å²) in [6.45, 7) is 6.83. The number of aryl methyl sites for hydroxylation is 1. The van der Waals surface area contributed by atoms with Crippen molar-refractivity contribution in [2.75, 3.05) is 19.6 Å². The Morgan fingerprint density at radius 2 is 1.93 bits per heavy atom. The molecule has 0 radical (unpaired) electrons. The van der Waals surface area contributed by atoms with Gasteiger partial charge in [-0.25, -0.2) is 13.4 Å². The zero-order valence-corrected chi connectivity index (χ0v) is 19.7. The highest BCUT2D eigenvalue weighted by Gasteiger charge is 2.22. The first-order valence-electron chi connectivity index (χ1n) is 9.74. The van der Waals surface area contributed by atoms with Gasteiger partial charge in [-0.1, -0.05) is 19.9 Å². The van der Waals surface area contributed by atoms with Crippen molar-refractivity contribution in [1.82, 2.24) is 14.6 Å². The number of nitrogens with one attached hydrogen (secondary N) is 1. The summed E-state index contributed by atoms with van der Waals surface area (Å²) in [4.78, 5) is 19.4. The lowest BCUT2D eigenvalue weighted by atomic mass is 10.2. The molecule has 0 atom stereocenters. The normalized spacial score (nSPS) is 11.7. The number of nitrogens with zero attached hydrogens (tertiary/aromatic N) is 2. The molecule has 0 aliphatic rings. The summed E-state index contributed by atoms with van der Waals surface area (Å²) >= 11 is 3.30. The van der Waals surface area contributed by atoms with Crippen LogP contribution in [0.25, 0.3) is 10.6 Å². The number of thiazole rings is 1. The van der Waals surface area contributed by atoms with Gasteiger partial charge in [0.2, 0.25) is 10.0 Å². The number of carbonyl (C=O) groups is 1. The van der Waals surface area contributed by atoms with E-state index in [1.165, 1.54) is 16.4 Å². The van der Waals surface area contributed by atoms with Crippen molar-refractivity contribution in [3.05, 3.63) is 57.2 Å². The maximum atomic E-state index is 12.7. The number of hydrogen-bond donors (Lipinski definition) is 1. The fraction of sp³-hybridized carbons (Fsp3) is 0.333. The highest BCUT2D eigenvalue weighted by atomic mass is 32.2. The molecular formula is C21H25N3O3S3. The van der Waals surface area contributed by atoms with Gasteiger partial charge in [0.1, 0.15) is 0 Å². The summed E-state index contributed by atoms with van der Waals surface area (Å²) in [5, 5.41) is 5.97. The highest BCUT2D eigenvalue weighted by molar-refractivity contribution is 7.89. The van der Waals surface area contributed by atoms with Crippen LogP contribution in [0, 0.1) is 6.92 Å². The van der Waals surface area contributed by atoms with Crippen LogP contribution < -0.4 is 5.32 Å². The van der Waals surface area contributed by atoms with Crippen molar-refractivity contribution in [2.24, 2.45) is 0 Å². The molecule has 9 heteroatoms. The Kier molecular flexibility index (Phi) is 7.41. The Morgan fingerprint density at radius 1 is 1.17 bits per heavy atom. The third-order valence-electron chi connectivity index (χ3n) is 4.63. The fourth-order valence-electron chi connectivity index (χ4n) is 3.04. The molecule has 160 valence electrons. The van der Waals surface area contributed by atoms with Crippen LogP contribution in [0.2, 0.25) is 0 Å². The van der Waals surface area contributed by atoms with E-state index in [0.29, 0.717) is 31.6 Å². The van der Waals surface area contributed by atoms with E-state index in [9.17, 15) is 13.2 Å². The first-order valence-corrected chi connectivity index (χ1v) is 12.9. The second-order valence-corrected chi connectivity index (χ2v) is 10.8. The predicted molar refractivity (Wildman–Crippen MR) is 123 cm³/mol. The molecule has 3 rings (SSSR count). The van der Waals surface area contributed by atoms with E-state index in [0.717, 1.165) is 20.5 Å². The molecule has 0 saturated heterocycles. The number of sulfonamides is 1. The van der Waals surface area contributed by atoms with Crippen LogP contribution in [0.4, 0.5) is 0 Å². The molecule has 1 aromatic carbocycles. The van der Waals surface area contributed by atoms with Gasteiger partial charge in [-0.05, 0) is 43.7 Å². The van der Waals surface area contributed by atoms with Gasteiger partial charge in [-0.2, -0.15) is 4.31 Å². The van der Waals surface area contributed by atoms with Gasteiger partial charge in [-0.15, -0.1) is 22.7 Å². The molecule has 2 heterocycles. The van der Waals surface area contributed by atoms with Crippen LogP contribution in [0.3, 0.4) is 0 Å². The fourth-order valence-corrected chi connectivity index (χ4v) is 6.20. The zero-order chi connectivity index (χ0) is 21.7. The molecule has 0 spiro atoms. The maximum absolute atomic E-state index is 12.7. The minimum atomic E-state index is -3.59. The topological polar surface area (TPSA) is 79.4 Å². The van der Waals surface area contributed by atoms with E-state index < -0.39 is 10.0 Å². The van der Waals surface area contributed by atoms with Crippen molar-refractivity contribution in [2.45, 2.75) is 32.1 Å². The number of hydrogen-bond acceptors (Lipinski definition) is 6. The summed E-state index contributed by atoms with van der Waals surface area (Å²) in [5.74, 6) is -0.279. The Morgan fingerprint density at radius 3 is 2.60 bits per heavy atom. The van der Waals surface area contributed by atoms with Gasteiger partial charge in [0.25, 0.3) is 5.91 Å². The smallest absolute Gasteiger partial charge is 0.251 e. The Labute approximate surface area is 185 Å². The van der Waals surface area contributed by atoms with Gasteiger partial charge in [0.15, 0.2) is 0 Å². The van der Waals surface area contributed by atoms with Crippen molar-refractivity contribution in [3.63, 3.8) is 0 Å². The molecule has 0 saturated carbocycles. The highest BCUT2D eigenvalue weighted by Crippen LogP contribution is 2.29. The van der Waals surface area contributed by atoms with Crippen LogP contribution in [0.15, 0.2) is 46.7 Å². The standard InChI is InChI=1S/C21H25N3O3S3/c1-4-24(5-2)30(26,27)18-8-6-7-16(13-18)21(25)22-12-11-17-9-10-20(29-17)19-14-28-15(3)23-19/h6-10,13-14H,4-5,11-12H2,1-3H3,(H,22,25). The SMILES string of the molecule is CCN(CC)S(=O)(=O)c1cccc(C(=O)NCCc2ccc(-c3csc(C)n3)s2)c1. The lowest BCUT2D eigenvalue weighted by Gasteiger charge is -2.18. The number of aromatic nitrogens is 1. The summed E-state index contributed by atoms with van der Waals surface area (Å²) in [6.07, 6.45) is 0.705. The molecule has 1 amide bonds. The van der Waals surface area contributed by atoms with Gasteiger partial charge in [0.05, 0.1) is 20.5 Å². The van der Waals surface area contributed by atoms with Gasteiger partial charge >= 0.3 is 0 Å². The molecule has 6 nitrogen and oxygen atoms in total. The van der Waals surface area contributed by atoms with E-state index >= 15 is 0 Å². The monoisotopic (exact) mass is 463 g/mol. The summed E-state index contributed by atoms with van der Waals surface area (Å²) in [5.41, 5.74) is 1.33. The number of benzene rings is 1. The minimum Gasteiger partial charge on any atom is -0.352 e. The van der Waals surface area contributed by atoms with Crippen LogP contribution >= 0.6 is 22.7 Å². The molecule has 0 unspecified atom stereocenters. The van der Waals surface area contributed by atoms with Crippen molar-refractivity contribution >= 4 is 38.6 Å². The Hall–Kier alpha value is -2.07. The number of thiophene rings is 1. The van der Waals surface area contributed by atoms with Gasteiger partial charge < -0.3 is 5.32 Å². The Bertz CT molecular complexity index is 1120. The lowest BCUT2D eigenvalue weighted by molar-refractivity contribution is 0.0954. The average Bonchev–Trinajstić information content (AvgIpc) is 3.37. The predicted octanol–water partition coefficient (Wildman–Crippen LogP) is 4.18. The molecule has 3 aromatic rings.